The number of hydrogen-bond acceptors (Lipinski definition) is 5. The first kappa shape index (κ1) is 28.0. The van der Waals surface area contributed by atoms with Crippen molar-refractivity contribution in [2.45, 2.75) is 30.3 Å². The first-order valence-corrected chi connectivity index (χ1v) is 16.3. The second-order valence-corrected chi connectivity index (χ2v) is 14.0. The van der Waals surface area contributed by atoms with Crippen LogP contribution in [0.25, 0.3) is 21.9 Å². The van der Waals surface area contributed by atoms with Crippen LogP contribution in [0.4, 0.5) is 0 Å². The summed E-state index contributed by atoms with van der Waals surface area (Å²) >= 11 is 0. The van der Waals surface area contributed by atoms with Crippen molar-refractivity contribution >= 4 is 36.7 Å². The van der Waals surface area contributed by atoms with Crippen molar-refractivity contribution in [1.29, 1.82) is 5.41 Å². The standard InChI is InChI=1S/C30H32N4O4S2/c1-39(35,36)34(21-22-10-11-24-12-13-26(30(31)32)19-27(24)18-22)28-14-16-33(17-15-28)40(37,38)29-9-5-8-25(20-29)23-6-3-2-4-7-23/h2-13,18-20,28H,14-17,21H2,1H3,(H3,31,32). The number of amidine groups is 1. The molecule has 5 rings (SSSR count). The zero-order valence-electron chi connectivity index (χ0n) is 22.2. The fourth-order valence-corrected chi connectivity index (χ4v) is 7.90. The van der Waals surface area contributed by atoms with Crippen molar-refractivity contribution in [3.05, 3.63) is 102 Å². The second-order valence-electron chi connectivity index (χ2n) is 10.1. The molecule has 1 aliphatic heterocycles. The van der Waals surface area contributed by atoms with Crippen LogP contribution in [0.1, 0.15) is 24.0 Å². The van der Waals surface area contributed by atoms with Gasteiger partial charge in [0.25, 0.3) is 0 Å². The quantitative estimate of drug-likeness (QED) is 0.238. The maximum atomic E-state index is 13.5. The van der Waals surface area contributed by atoms with Crippen molar-refractivity contribution in [2.75, 3.05) is 19.3 Å². The number of fused-ring (bicyclic) bond motifs is 1. The van der Waals surface area contributed by atoms with E-state index in [1.807, 2.05) is 66.7 Å². The van der Waals surface area contributed by atoms with E-state index in [2.05, 4.69) is 0 Å². The summed E-state index contributed by atoms with van der Waals surface area (Å²) in [6, 6.07) is 27.5. The molecule has 0 amide bonds. The second kappa shape index (κ2) is 11.1. The maximum absolute atomic E-state index is 13.5. The SMILES string of the molecule is CS(=O)(=O)N(Cc1ccc2ccc(C(=N)N)cc2c1)C1CCN(S(=O)(=O)c2cccc(-c3ccccc3)c2)CC1. The van der Waals surface area contributed by atoms with Gasteiger partial charge in [0.05, 0.1) is 11.2 Å². The molecule has 0 bridgehead atoms. The minimum atomic E-state index is -3.73. The number of nitrogens with one attached hydrogen (secondary N) is 1. The predicted octanol–water partition coefficient (Wildman–Crippen LogP) is 4.41. The minimum absolute atomic E-state index is 0.0291. The van der Waals surface area contributed by atoms with Crippen LogP contribution < -0.4 is 5.73 Å². The van der Waals surface area contributed by atoms with Gasteiger partial charge in [0.1, 0.15) is 5.84 Å². The summed E-state index contributed by atoms with van der Waals surface area (Å²) in [4.78, 5) is 0.230. The lowest BCUT2D eigenvalue weighted by Gasteiger charge is -2.36. The van der Waals surface area contributed by atoms with Crippen molar-refractivity contribution in [3.8, 4) is 11.1 Å². The smallest absolute Gasteiger partial charge is 0.243 e. The Morgan fingerprint density at radius 3 is 2.20 bits per heavy atom. The van der Waals surface area contributed by atoms with E-state index in [-0.39, 0.29) is 36.4 Å². The molecule has 0 radical (unpaired) electrons. The Balaban J connectivity index is 1.33. The van der Waals surface area contributed by atoms with E-state index in [0.29, 0.717) is 18.4 Å². The Bertz CT molecular complexity index is 1770. The minimum Gasteiger partial charge on any atom is -0.384 e. The lowest BCUT2D eigenvalue weighted by Crippen LogP contribution is -2.48. The van der Waals surface area contributed by atoms with Gasteiger partial charge in [-0.1, -0.05) is 66.7 Å². The zero-order chi connectivity index (χ0) is 28.5. The third-order valence-corrected chi connectivity index (χ3v) is 10.6. The molecule has 0 unspecified atom stereocenters. The maximum Gasteiger partial charge on any atom is 0.243 e. The Labute approximate surface area is 235 Å². The first-order valence-electron chi connectivity index (χ1n) is 13.0. The van der Waals surface area contributed by atoms with E-state index in [1.165, 1.54) is 14.9 Å². The number of rotatable bonds is 8. The molecule has 0 aromatic heterocycles. The lowest BCUT2D eigenvalue weighted by atomic mass is 10.0. The molecule has 208 valence electrons. The number of nitrogens with two attached hydrogens (primary N) is 1. The lowest BCUT2D eigenvalue weighted by molar-refractivity contribution is 0.213. The van der Waals surface area contributed by atoms with Gasteiger partial charge in [-0.2, -0.15) is 8.61 Å². The molecule has 4 aromatic rings. The summed E-state index contributed by atoms with van der Waals surface area (Å²) in [5, 5.41) is 9.54. The topological polar surface area (TPSA) is 125 Å². The summed E-state index contributed by atoms with van der Waals surface area (Å²) in [5.41, 5.74) is 8.82. The first-order chi connectivity index (χ1) is 19.0. The van der Waals surface area contributed by atoms with E-state index >= 15 is 0 Å². The van der Waals surface area contributed by atoms with E-state index in [4.69, 9.17) is 11.1 Å². The fraction of sp³-hybridized carbons (Fsp3) is 0.233. The van der Waals surface area contributed by atoms with Crippen molar-refractivity contribution in [3.63, 3.8) is 0 Å². The average molecular weight is 577 g/mol. The van der Waals surface area contributed by atoms with Gasteiger partial charge in [0.2, 0.25) is 20.0 Å². The molecule has 1 saturated heterocycles. The number of sulfonamides is 2. The molecule has 4 aromatic carbocycles. The largest absolute Gasteiger partial charge is 0.384 e. The summed E-state index contributed by atoms with van der Waals surface area (Å²) < 4.78 is 55.7. The van der Waals surface area contributed by atoms with Crippen LogP contribution in [0.15, 0.2) is 95.9 Å². The monoisotopic (exact) mass is 576 g/mol. The molecular weight excluding hydrogens is 544 g/mol. The molecule has 0 saturated carbocycles. The summed E-state index contributed by atoms with van der Waals surface area (Å²) in [6.07, 6.45) is 1.99. The molecule has 8 nitrogen and oxygen atoms in total. The Morgan fingerprint density at radius 2 is 1.52 bits per heavy atom. The Kier molecular flexibility index (Phi) is 7.78. The van der Waals surface area contributed by atoms with E-state index in [9.17, 15) is 16.8 Å². The predicted molar refractivity (Wildman–Crippen MR) is 159 cm³/mol. The number of nitrogen functional groups attached to an aromatic ring is 1. The normalized spacial score (nSPS) is 15.4. The molecule has 0 aliphatic carbocycles. The molecule has 1 aliphatic rings. The third-order valence-electron chi connectivity index (χ3n) is 7.39. The van der Waals surface area contributed by atoms with Gasteiger partial charge < -0.3 is 5.73 Å². The van der Waals surface area contributed by atoms with Crippen LogP contribution in [-0.4, -0.2) is 56.7 Å². The van der Waals surface area contributed by atoms with Crippen LogP contribution in [0, 0.1) is 5.41 Å². The van der Waals surface area contributed by atoms with Gasteiger partial charge in [0.15, 0.2) is 0 Å². The van der Waals surface area contributed by atoms with Gasteiger partial charge in [0, 0.05) is 31.2 Å². The highest BCUT2D eigenvalue weighted by atomic mass is 32.2. The van der Waals surface area contributed by atoms with Crippen LogP contribution in [0.5, 0.6) is 0 Å². The van der Waals surface area contributed by atoms with E-state index < -0.39 is 20.0 Å². The number of nitrogens with zero attached hydrogens (tertiary/aromatic N) is 2. The number of piperidine rings is 1. The van der Waals surface area contributed by atoms with Crippen LogP contribution in [0.2, 0.25) is 0 Å². The molecular formula is C30H32N4O4S2. The molecule has 1 heterocycles. The summed E-state index contributed by atoms with van der Waals surface area (Å²) in [6.45, 7) is 0.637. The molecule has 0 atom stereocenters. The molecule has 40 heavy (non-hydrogen) atoms. The van der Waals surface area contributed by atoms with Crippen molar-refractivity contribution in [1.82, 2.24) is 8.61 Å². The van der Waals surface area contributed by atoms with Crippen molar-refractivity contribution in [2.24, 2.45) is 5.73 Å². The molecule has 1 fully saturated rings. The molecule has 3 N–H and O–H groups in total. The van der Waals surface area contributed by atoms with Crippen LogP contribution >= 0.6 is 0 Å². The highest BCUT2D eigenvalue weighted by molar-refractivity contribution is 7.89. The number of benzene rings is 4. The van der Waals surface area contributed by atoms with Gasteiger partial charge in [-0.05, 0) is 64.6 Å². The van der Waals surface area contributed by atoms with E-state index in [1.54, 1.807) is 24.3 Å². The average Bonchev–Trinajstić information content (AvgIpc) is 2.95. The van der Waals surface area contributed by atoms with Gasteiger partial charge in [-0.3, -0.25) is 5.41 Å². The van der Waals surface area contributed by atoms with Crippen LogP contribution in [-0.2, 0) is 26.6 Å². The fourth-order valence-electron chi connectivity index (χ4n) is 5.25. The van der Waals surface area contributed by atoms with Gasteiger partial charge in [-0.15, -0.1) is 0 Å². The van der Waals surface area contributed by atoms with Gasteiger partial charge in [-0.25, -0.2) is 16.8 Å². The molecule has 0 spiro atoms. The highest BCUT2D eigenvalue weighted by Gasteiger charge is 2.35. The summed E-state index contributed by atoms with van der Waals surface area (Å²) in [5.74, 6) is -0.0291. The Morgan fingerprint density at radius 1 is 0.850 bits per heavy atom. The van der Waals surface area contributed by atoms with E-state index in [0.717, 1.165) is 27.5 Å². The number of hydrogen-bond donors (Lipinski definition) is 2. The molecule has 10 heteroatoms. The Hall–Kier alpha value is -3.57. The third kappa shape index (κ3) is 5.95. The van der Waals surface area contributed by atoms with Gasteiger partial charge >= 0.3 is 0 Å². The van der Waals surface area contributed by atoms with Crippen LogP contribution in [0.3, 0.4) is 0 Å². The zero-order valence-corrected chi connectivity index (χ0v) is 23.8. The summed E-state index contributed by atoms with van der Waals surface area (Å²) in [7, 11) is -7.30. The van der Waals surface area contributed by atoms with Crippen molar-refractivity contribution < 1.29 is 16.8 Å². The highest BCUT2D eigenvalue weighted by Crippen LogP contribution is 2.29.